The van der Waals surface area contributed by atoms with E-state index in [1.54, 1.807) is 0 Å². The lowest BCUT2D eigenvalue weighted by molar-refractivity contribution is -0.122. The van der Waals surface area contributed by atoms with Crippen molar-refractivity contribution in [2.75, 3.05) is 13.6 Å². The topological polar surface area (TPSA) is 33.5 Å². The Balaban J connectivity index is 2.42. The summed E-state index contributed by atoms with van der Waals surface area (Å²) in [5.41, 5.74) is 0. The van der Waals surface area contributed by atoms with Crippen molar-refractivity contribution in [3.05, 3.63) is 23.7 Å². The number of ketones is 1. The Morgan fingerprint density at radius 2 is 2.13 bits per heavy atom. The number of furan rings is 1. The lowest BCUT2D eigenvalue weighted by atomic mass is 10.1. The third-order valence-corrected chi connectivity index (χ3v) is 2.29. The van der Waals surface area contributed by atoms with Gasteiger partial charge in [0.2, 0.25) is 0 Å². The lowest BCUT2D eigenvalue weighted by Crippen LogP contribution is -2.28. The summed E-state index contributed by atoms with van der Waals surface area (Å²) >= 11 is 0. The fourth-order valence-electron chi connectivity index (χ4n) is 1.34. The highest BCUT2D eigenvalue weighted by Gasteiger charge is 2.11. The van der Waals surface area contributed by atoms with Gasteiger partial charge < -0.3 is 4.42 Å². The molecular formula is C12H19NO2. The van der Waals surface area contributed by atoms with Crippen LogP contribution in [0.3, 0.4) is 0 Å². The van der Waals surface area contributed by atoms with E-state index in [2.05, 4.69) is 0 Å². The van der Waals surface area contributed by atoms with Crippen molar-refractivity contribution in [1.29, 1.82) is 0 Å². The van der Waals surface area contributed by atoms with E-state index in [4.69, 9.17) is 4.42 Å². The number of hydrogen-bond donors (Lipinski definition) is 0. The van der Waals surface area contributed by atoms with Crippen LogP contribution in [-0.4, -0.2) is 24.3 Å². The first-order valence-electron chi connectivity index (χ1n) is 5.25. The maximum absolute atomic E-state index is 11.5. The fourth-order valence-corrected chi connectivity index (χ4v) is 1.34. The smallest absolute Gasteiger partial charge is 0.149 e. The number of rotatable bonds is 5. The van der Waals surface area contributed by atoms with Gasteiger partial charge in [-0.05, 0) is 26.1 Å². The van der Waals surface area contributed by atoms with Gasteiger partial charge in [0.1, 0.15) is 17.3 Å². The van der Waals surface area contributed by atoms with Gasteiger partial charge in [0, 0.05) is 5.92 Å². The molecule has 3 heteroatoms. The zero-order valence-corrected chi connectivity index (χ0v) is 9.91. The van der Waals surface area contributed by atoms with Gasteiger partial charge in [-0.2, -0.15) is 0 Å². The monoisotopic (exact) mass is 209 g/mol. The minimum Gasteiger partial charge on any atom is -0.465 e. The Labute approximate surface area is 91.1 Å². The summed E-state index contributed by atoms with van der Waals surface area (Å²) in [6.07, 6.45) is 0. The van der Waals surface area contributed by atoms with Crippen molar-refractivity contribution >= 4 is 5.78 Å². The molecule has 0 aliphatic rings. The number of nitrogens with zero attached hydrogens (tertiary/aromatic N) is 1. The van der Waals surface area contributed by atoms with Gasteiger partial charge in [0.05, 0.1) is 13.1 Å². The summed E-state index contributed by atoms with van der Waals surface area (Å²) in [6.45, 7) is 6.94. The number of carbonyl (C=O) groups excluding carboxylic acids is 1. The molecule has 0 fully saturated rings. The molecule has 0 saturated heterocycles. The summed E-state index contributed by atoms with van der Waals surface area (Å²) < 4.78 is 5.44. The highest BCUT2D eigenvalue weighted by molar-refractivity contribution is 5.82. The largest absolute Gasteiger partial charge is 0.465 e. The van der Waals surface area contributed by atoms with Crippen molar-refractivity contribution < 1.29 is 9.21 Å². The zero-order chi connectivity index (χ0) is 11.4. The predicted molar refractivity (Wildman–Crippen MR) is 59.6 cm³/mol. The number of Topliss-reactive ketones (excluding diaryl/α,β-unsaturated/α-hetero) is 1. The molecule has 0 radical (unpaired) electrons. The van der Waals surface area contributed by atoms with Crippen LogP contribution in [-0.2, 0) is 11.3 Å². The number of aryl methyl sites for hydroxylation is 1. The molecule has 0 aromatic carbocycles. The molecule has 0 unspecified atom stereocenters. The van der Waals surface area contributed by atoms with Crippen LogP contribution in [0.25, 0.3) is 0 Å². The Bertz CT molecular complexity index is 328. The number of hydrogen-bond acceptors (Lipinski definition) is 3. The van der Waals surface area contributed by atoms with Crippen LogP contribution in [0, 0.1) is 12.8 Å². The van der Waals surface area contributed by atoms with E-state index in [0.717, 1.165) is 11.5 Å². The first kappa shape index (κ1) is 12.0. The Kier molecular flexibility index (Phi) is 4.09. The van der Waals surface area contributed by atoms with Gasteiger partial charge in [0.15, 0.2) is 0 Å². The maximum Gasteiger partial charge on any atom is 0.149 e. The highest BCUT2D eigenvalue weighted by Crippen LogP contribution is 2.09. The first-order valence-corrected chi connectivity index (χ1v) is 5.25. The van der Waals surface area contributed by atoms with Crippen molar-refractivity contribution in [2.45, 2.75) is 27.3 Å². The molecule has 0 aliphatic heterocycles. The second-order valence-electron chi connectivity index (χ2n) is 4.31. The first-order chi connectivity index (χ1) is 6.99. The van der Waals surface area contributed by atoms with Crippen LogP contribution < -0.4 is 0 Å². The predicted octanol–water partition coefficient (Wildman–Crippen LogP) is 2.24. The number of likely N-dealkylation sites (N-methyl/N-ethyl adjacent to an activating group) is 1. The average molecular weight is 209 g/mol. The molecule has 1 heterocycles. The standard InChI is InChI=1S/C12H19NO2/c1-9(2)12(14)8-13(4)7-11-6-5-10(3)15-11/h5-6,9H,7-8H2,1-4H3. The lowest BCUT2D eigenvalue weighted by Gasteiger charge is -2.15. The Morgan fingerprint density at radius 3 is 2.60 bits per heavy atom. The molecule has 1 aromatic heterocycles. The molecule has 0 aliphatic carbocycles. The van der Waals surface area contributed by atoms with Crippen LogP contribution in [0.1, 0.15) is 25.4 Å². The minimum absolute atomic E-state index is 0.103. The van der Waals surface area contributed by atoms with E-state index in [1.165, 1.54) is 0 Å². The molecule has 1 rings (SSSR count). The third kappa shape index (κ3) is 3.88. The molecule has 15 heavy (non-hydrogen) atoms. The van der Waals surface area contributed by atoms with E-state index in [0.29, 0.717) is 13.1 Å². The van der Waals surface area contributed by atoms with E-state index in [-0.39, 0.29) is 11.7 Å². The van der Waals surface area contributed by atoms with Gasteiger partial charge in [-0.15, -0.1) is 0 Å². The molecule has 0 spiro atoms. The van der Waals surface area contributed by atoms with Crippen molar-refractivity contribution in [2.24, 2.45) is 5.92 Å². The second-order valence-corrected chi connectivity index (χ2v) is 4.31. The third-order valence-electron chi connectivity index (χ3n) is 2.29. The SMILES string of the molecule is Cc1ccc(CN(C)CC(=O)C(C)C)o1. The maximum atomic E-state index is 11.5. The summed E-state index contributed by atoms with van der Waals surface area (Å²) in [6, 6.07) is 3.89. The van der Waals surface area contributed by atoms with Gasteiger partial charge in [-0.25, -0.2) is 0 Å². The fraction of sp³-hybridized carbons (Fsp3) is 0.583. The van der Waals surface area contributed by atoms with Crippen molar-refractivity contribution in [3.63, 3.8) is 0 Å². The summed E-state index contributed by atoms with van der Waals surface area (Å²) in [4.78, 5) is 13.4. The Morgan fingerprint density at radius 1 is 1.47 bits per heavy atom. The minimum atomic E-state index is 0.103. The van der Waals surface area contributed by atoms with Gasteiger partial charge >= 0.3 is 0 Å². The van der Waals surface area contributed by atoms with Crippen molar-refractivity contribution in [3.8, 4) is 0 Å². The molecule has 84 valence electrons. The Hall–Kier alpha value is -1.09. The zero-order valence-electron chi connectivity index (χ0n) is 9.91. The van der Waals surface area contributed by atoms with Crippen LogP contribution in [0.5, 0.6) is 0 Å². The van der Waals surface area contributed by atoms with E-state index < -0.39 is 0 Å². The molecule has 0 bridgehead atoms. The summed E-state index contributed by atoms with van der Waals surface area (Å²) in [5.74, 6) is 2.19. The van der Waals surface area contributed by atoms with Gasteiger partial charge in [-0.1, -0.05) is 13.8 Å². The van der Waals surface area contributed by atoms with Crippen LogP contribution >= 0.6 is 0 Å². The second kappa shape index (κ2) is 5.12. The quantitative estimate of drug-likeness (QED) is 0.745. The number of carbonyl (C=O) groups is 1. The normalized spacial score (nSPS) is 11.3. The van der Waals surface area contributed by atoms with E-state index in [9.17, 15) is 4.79 Å². The van der Waals surface area contributed by atoms with Gasteiger partial charge in [0.25, 0.3) is 0 Å². The van der Waals surface area contributed by atoms with Crippen LogP contribution in [0.15, 0.2) is 16.5 Å². The summed E-state index contributed by atoms with van der Waals surface area (Å²) in [7, 11) is 1.93. The van der Waals surface area contributed by atoms with E-state index in [1.807, 2.05) is 44.9 Å². The van der Waals surface area contributed by atoms with Crippen LogP contribution in [0.4, 0.5) is 0 Å². The molecule has 0 atom stereocenters. The molecule has 3 nitrogen and oxygen atoms in total. The average Bonchev–Trinajstić information content (AvgIpc) is 2.50. The van der Waals surface area contributed by atoms with Gasteiger partial charge in [-0.3, -0.25) is 9.69 Å². The highest BCUT2D eigenvalue weighted by atomic mass is 16.3. The molecule has 0 amide bonds. The van der Waals surface area contributed by atoms with E-state index >= 15 is 0 Å². The molecule has 0 saturated carbocycles. The van der Waals surface area contributed by atoms with Crippen LogP contribution in [0.2, 0.25) is 0 Å². The summed E-state index contributed by atoms with van der Waals surface area (Å²) in [5, 5.41) is 0. The molecule has 1 aromatic rings. The molecular weight excluding hydrogens is 190 g/mol. The van der Waals surface area contributed by atoms with Crippen molar-refractivity contribution in [1.82, 2.24) is 4.90 Å². The molecule has 0 N–H and O–H groups in total.